The minimum Gasteiger partial charge on any atom is -0.267 e. The van der Waals surface area contributed by atoms with Gasteiger partial charge in [0.2, 0.25) is 0 Å². The Morgan fingerprint density at radius 2 is 1.83 bits per heavy atom. The lowest BCUT2D eigenvalue weighted by atomic mass is 10.1. The summed E-state index contributed by atoms with van der Waals surface area (Å²) >= 11 is 4.78. The van der Waals surface area contributed by atoms with E-state index in [1.807, 2.05) is 0 Å². The Morgan fingerprint density at radius 1 is 1.11 bits per heavy atom. The first-order chi connectivity index (χ1) is 8.38. The highest BCUT2D eigenvalue weighted by Gasteiger charge is 2.33. The van der Waals surface area contributed by atoms with Gasteiger partial charge in [-0.1, -0.05) is 18.3 Å². The summed E-state index contributed by atoms with van der Waals surface area (Å²) in [6, 6.07) is 5.66. The molecular weight excluding hydrogens is 268 g/mol. The standard InChI is InChI=1S/C11H6F4N2S/c12-8-5-6(1-2-7(8)11(13,14)15)9-3-4-10(18)17-16-9/h1-5H,(H,17,18). The molecule has 94 valence electrons. The van der Waals surface area contributed by atoms with Crippen LogP contribution in [0.3, 0.4) is 0 Å². The van der Waals surface area contributed by atoms with Crippen molar-refractivity contribution in [2.75, 3.05) is 0 Å². The van der Waals surface area contributed by atoms with E-state index in [9.17, 15) is 17.6 Å². The van der Waals surface area contributed by atoms with Gasteiger partial charge in [-0.05, 0) is 24.3 Å². The van der Waals surface area contributed by atoms with E-state index in [0.29, 0.717) is 16.4 Å². The molecule has 1 heterocycles. The molecule has 0 fully saturated rings. The van der Waals surface area contributed by atoms with Crippen molar-refractivity contribution in [3.63, 3.8) is 0 Å². The predicted molar refractivity (Wildman–Crippen MR) is 59.8 cm³/mol. The zero-order valence-corrected chi connectivity index (χ0v) is 9.57. The van der Waals surface area contributed by atoms with E-state index in [-0.39, 0.29) is 5.56 Å². The van der Waals surface area contributed by atoms with Crippen molar-refractivity contribution >= 4 is 12.2 Å². The SMILES string of the molecule is Fc1cc(-c2ccc(=S)[nH]n2)ccc1C(F)(F)F. The molecule has 0 aliphatic heterocycles. The van der Waals surface area contributed by atoms with Gasteiger partial charge in [-0.2, -0.15) is 18.3 Å². The second-order valence-corrected chi connectivity index (χ2v) is 3.94. The van der Waals surface area contributed by atoms with Crippen molar-refractivity contribution in [2.45, 2.75) is 6.18 Å². The molecule has 2 nitrogen and oxygen atoms in total. The van der Waals surface area contributed by atoms with Crippen LogP contribution in [0.25, 0.3) is 11.3 Å². The van der Waals surface area contributed by atoms with Crippen LogP contribution in [0.1, 0.15) is 5.56 Å². The number of halogens is 4. The zero-order chi connectivity index (χ0) is 13.3. The Morgan fingerprint density at radius 3 is 2.33 bits per heavy atom. The van der Waals surface area contributed by atoms with Gasteiger partial charge >= 0.3 is 6.18 Å². The fourth-order valence-corrected chi connectivity index (χ4v) is 1.52. The first-order valence-corrected chi connectivity index (χ1v) is 5.21. The lowest BCUT2D eigenvalue weighted by molar-refractivity contribution is -0.139. The Kier molecular flexibility index (Phi) is 3.16. The number of benzene rings is 1. The normalized spacial score (nSPS) is 11.6. The van der Waals surface area contributed by atoms with Gasteiger partial charge in [-0.3, -0.25) is 5.10 Å². The molecule has 0 amide bonds. The van der Waals surface area contributed by atoms with Gasteiger partial charge in [0.1, 0.15) is 10.5 Å². The van der Waals surface area contributed by atoms with E-state index < -0.39 is 17.6 Å². The zero-order valence-electron chi connectivity index (χ0n) is 8.75. The minimum atomic E-state index is -4.70. The van der Waals surface area contributed by atoms with Gasteiger partial charge in [-0.25, -0.2) is 4.39 Å². The fourth-order valence-electron chi connectivity index (χ4n) is 1.41. The minimum absolute atomic E-state index is 0.242. The molecule has 2 rings (SSSR count). The van der Waals surface area contributed by atoms with Crippen LogP contribution in [0.2, 0.25) is 0 Å². The summed E-state index contributed by atoms with van der Waals surface area (Å²) in [6.07, 6.45) is -4.70. The second kappa shape index (κ2) is 4.49. The number of rotatable bonds is 1. The summed E-state index contributed by atoms with van der Waals surface area (Å²) in [6.45, 7) is 0. The summed E-state index contributed by atoms with van der Waals surface area (Å²) in [7, 11) is 0. The molecule has 1 aromatic carbocycles. The summed E-state index contributed by atoms with van der Waals surface area (Å²) in [5.74, 6) is -1.33. The van der Waals surface area contributed by atoms with Crippen molar-refractivity contribution in [1.82, 2.24) is 10.2 Å². The Hall–Kier alpha value is -1.76. The van der Waals surface area contributed by atoms with Gasteiger partial charge in [0.15, 0.2) is 0 Å². The van der Waals surface area contributed by atoms with E-state index in [2.05, 4.69) is 10.2 Å². The predicted octanol–water partition coefficient (Wildman–Crippen LogP) is 3.96. The molecule has 2 aromatic rings. The Labute approximate surface area is 104 Å². The number of aromatic amines is 1. The molecule has 1 N–H and O–H groups in total. The Balaban J connectivity index is 2.46. The third kappa shape index (κ3) is 2.56. The maximum absolute atomic E-state index is 13.3. The van der Waals surface area contributed by atoms with Gasteiger partial charge in [0.05, 0.1) is 11.3 Å². The Bertz CT molecular complexity index is 613. The molecule has 0 spiro atoms. The first kappa shape index (κ1) is 12.7. The van der Waals surface area contributed by atoms with Gasteiger partial charge < -0.3 is 0 Å². The lowest BCUT2D eigenvalue weighted by Gasteiger charge is -2.08. The van der Waals surface area contributed by atoms with Crippen LogP contribution >= 0.6 is 12.2 Å². The van der Waals surface area contributed by atoms with Crippen LogP contribution in [-0.2, 0) is 6.18 Å². The molecule has 0 saturated carbocycles. The highest BCUT2D eigenvalue weighted by molar-refractivity contribution is 7.71. The van der Waals surface area contributed by atoms with E-state index in [1.165, 1.54) is 12.1 Å². The largest absolute Gasteiger partial charge is 0.419 e. The summed E-state index contributed by atoms with van der Waals surface area (Å²) in [5, 5.41) is 6.29. The number of aromatic nitrogens is 2. The molecule has 0 radical (unpaired) electrons. The van der Waals surface area contributed by atoms with Gasteiger partial charge in [-0.15, -0.1) is 0 Å². The molecule has 7 heteroatoms. The molecule has 0 unspecified atom stereocenters. The van der Waals surface area contributed by atoms with Crippen LogP contribution in [0.5, 0.6) is 0 Å². The van der Waals surface area contributed by atoms with Crippen LogP contribution < -0.4 is 0 Å². The number of hydrogen-bond donors (Lipinski definition) is 1. The summed E-state index contributed by atoms with van der Waals surface area (Å²) in [5.41, 5.74) is -0.738. The summed E-state index contributed by atoms with van der Waals surface area (Å²) < 4.78 is 50.8. The van der Waals surface area contributed by atoms with Gasteiger partial charge in [0, 0.05) is 5.56 Å². The highest BCUT2D eigenvalue weighted by Crippen LogP contribution is 2.32. The maximum atomic E-state index is 13.3. The molecule has 0 bridgehead atoms. The molecule has 1 aromatic heterocycles. The monoisotopic (exact) mass is 274 g/mol. The average Bonchev–Trinajstić information content (AvgIpc) is 2.28. The van der Waals surface area contributed by atoms with Crippen molar-refractivity contribution in [2.24, 2.45) is 0 Å². The molecule has 0 atom stereocenters. The molecule has 0 saturated heterocycles. The molecular formula is C11H6F4N2S. The molecule has 18 heavy (non-hydrogen) atoms. The second-order valence-electron chi connectivity index (χ2n) is 3.50. The van der Waals surface area contributed by atoms with Crippen LogP contribution in [0.15, 0.2) is 30.3 Å². The van der Waals surface area contributed by atoms with Crippen molar-refractivity contribution in [3.05, 3.63) is 46.4 Å². The van der Waals surface area contributed by atoms with E-state index in [1.54, 1.807) is 0 Å². The van der Waals surface area contributed by atoms with Crippen molar-refractivity contribution in [1.29, 1.82) is 0 Å². The number of alkyl halides is 3. The quantitative estimate of drug-likeness (QED) is 0.629. The topological polar surface area (TPSA) is 28.7 Å². The molecule has 0 aliphatic rings. The smallest absolute Gasteiger partial charge is 0.267 e. The van der Waals surface area contributed by atoms with E-state index >= 15 is 0 Å². The van der Waals surface area contributed by atoms with Crippen LogP contribution in [0.4, 0.5) is 17.6 Å². The average molecular weight is 274 g/mol. The number of nitrogens with zero attached hydrogens (tertiary/aromatic N) is 1. The first-order valence-electron chi connectivity index (χ1n) is 4.81. The van der Waals surface area contributed by atoms with Gasteiger partial charge in [0.25, 0.3) is 0 Å². The third-order valence-corrected chi connectivity index (χ3v) is 2.48. The number of hydrogen-bond acceptors (Lipinski definition) is 2. The van der Waals surface area contributed by atoms with E-state index in [4.69, 9.17) is 12.2 Å². The lowest BCUT2D eigenvalue weighted by Crippen LogP contribution is -2.07. The van der Waals surface area contributed by atoms with Crippen molar-refractivity contribution < 1.29 is 17.6 Å². The number of nitrogens with one attached hydrogen (secondary N) is 1. The third-order valence-electron chi connectivity index (χ3n) is 2.25. The summed E-state index contributed by atoms with van der Waals surface area (Å²) in [4.78, 5) is 0. The fraction of sp³-hybridized carbons (Fsp3) is 0.0909. The molecule has 0 aliphatic carbocycles. The van der Waals surface area contributed by atoms with Crippen molar-refractivity contribution in [3.8, 4) is 11.3 Å². The highest BCUT2D eigenvalue weighted by atomic mass is 32.1. The maximum Gasteiger partial charge on any atom is 0.419 e. The van der Waals surface area contributed by atoms with Crippen LogP contribution in [-0.4, -0.2) is 10.2 Å². The van der Waals surface area contributed by atoms with E-state index in [0.717, 1.165) is 12.1 Å². The number of H-pyrrole nitrogens is 1. The van der Waals surface area contributed by atoms with Crippen LogP contribution in [0, 0.1) is 10.5 Å².